The van der Waals surface area contributed by atoms with Gasteiger partial charge in [0.05, 0.1) is 4.34 Å². The van der Waals surface area contributed by atoms with Gasteiger partial charge in [0.25, 0.3) is 10.0 Å². The molecule has 0 unspecified atom stereocenters. The summed E-state index contributed by atoms with van der Waals surface area (Å²) in [5, 5.41) is 8.57. The van der Waals surface area contributed by atoms with E-state index in [1.54, 1.807) is 18.2 Å². The number of carbonyl (C=O) groups is 1. The van der Waals surface area contributed by atoms with Crippen LogP contribution in [0.4, 0.5) is 5.69 Å². The van der Waals surface area contributed by atoms with Gasteiger partial charge in [-0.05, 0) is 35.9 Å². The Balaban J connectivity index is 2.23. The lowest BCUT2D eigenvalue weighted by atomic mass is 10.2. The van der Waals surface area contributed by atoms with E-state index in [-0.39, 0.29) is 4.21 Å². The van der Waals surface area contributed by atoms with Crippen molar-refractivity contribution in [1.82, 2.24) is 0 Å². The molecule has 0 saturated carbocycles. The highest BCUT2D eigenvalue weighted by molar-refractivity contribution is 7.94. The molecule has 1 aromatic heterocycles. The number of anilines is 1. The molecule has 0 amide bonds. The number of benzene rings is 1. The van der Waals surface area contributed by atoms with Crippen molar-refractivity contribution in [2.24, 2.45) is 0 Å². The van der Waals surface area contributed by atoms with Crippen molar-refractivity contribution in [3.8, 4) is 0 Å². The van der Waals surface area contributed by atoms with Crippen molar-refractivity contribution in [2.75, 3.05) is 4.72 Å². The summed E-state index contributed by atoms with van der Waals surface area (Å²) in [5.74, 6) is -1.07. The second-order valence-corrected chi connectivity index (χ2v) is 7.59. The van der Waals surface area contributed by atoms with E-state index in [2.05, 4.69) is 4.72 Å². The fourth-order valence-electron chi connectivity index (χ4n) is 1.52. The largest absolute Gasteiger partial charge is 0.478 e. The molecule has 1 heterocycles. The third-order valence-electron chi connectivity index (χ3n) is 2.37. The second-order valence-electron chi connectivity index (χ2n) is 3.96. The van der Waals surface area contributed by atoms with Gasteiger partial charge >= 0.3 is 5.97 Å². The first kappa shape index (κ1) is 15.6. The Hall–Kier alpha value is -1.83. The van der Waals surface area contributed by atoms with E-state index in [0.29, 0.717) is 15.6 Å². The molecule has 0 saturated heterocycles. The molecule has 0 spiro atoms. The predicted octanol–water partition coefficient (Wildman–Crippen LogP) is 3.30. The summed E-state index contributed by atoms with van der Waals surface area (Å²) < 4.78 is 27.2. The van der Waals surface area contributed by atoms with Crippen LogP contribution in [0, 0.1) is 0 Å². The lowest BCUT2D eigenvalue weighted by Crippen LogP contribution is -2.11. The fraction of sp³-hybridized carbons (Fsp3) is 0. The van der Waals surface area contributed by atoms with E-state index < -0.39 is 16.0 Å². The molecule has 0 atom stereocenters. The summed E-state index contributed by atoms with van der Waals surface area (Å²) >= 11 is 6.68. The first-order chi connectivity index (χ1) is 9.87. The Morgan fingerprint density at radius 1 is 1.29 bits per heavy atom. The van der Waals surface area contributed by atoms with E-state index >= 15 is 0 Å². The number of hydrogen-bond acceptors (Lipinski definition) is 4. The zero-order valence-corrected chi connectivity index (χ0v) is 12.9. The monoisotopic (exact) mass is 343 g/mol. The van der Waals surface area contributed by atoms with Gasteiger partial charge in [-0.25, -0.2) is 13.2 Å². The van der Waals surface area contributed by atoms with Crippen LogP contribution in [0.2, 0.25) is 4.34 Å². The molecule has 110 valence electrons. The molecule has 0 aliphatic rings. The number of carboxylic acid groups (broad SMARTS) is 1. The summed E-state index contributed by atoms with van der Waals surface area (Å²) in [4.78, 5) is 10.5. The summed E-state index contributed by atoms with van der Waals surface area (Å²) in [7, 11) is -3.70. The fourth-order valence-corrected chi connectivity index (χ4v) is 4.05. The number of carboxylic acids is 1. The smallest absolute Gasteiger partial charge is 0.328 e. The first-order valence-electron chi connectivity index (χ1n) is 5.66. The van der Waals surface area contributed by atoms with E-state index in [9.17, 15) is 13.2 Å². The summed E-state index contributed by atoms with van der Waals surface area (Å²) in [6.45, 7) is 0. The highest BCUT2D eigenvalue weighted by Gasteiger charge is 2.16. The maximum Gasteiger partial charge on any atom is 0.328 e. The maximum atomic E-state index is 12.1. The number of aliphatic carboxylic acids is 1. The molecule has 2 aromatic rings. The van der Waals surface area contributed by atoms with Gasteiger partial charge < -0.3 is 5.11 Å². The van der Waals surface area contributed by atoms with E-state index in [1.807, 2.05) is 0 Å². The zero-order valence-electron chi connectivity index (χ0n) is 10.5. The van der Waals surface area contributed by atoms with Crippen LogP contribution in [0.25, 0.3) is 6.08 Å². The number of rotatable bonds is 5. The average Bonchev–Trinajstić information content (AvgIpc) is 2.84. The number of nitrogens with one attached hydrogen (secondary N) is 1. The van der Waals surface area contributed by atoms with Gasteiger partial charge in [0, 0.05) is 11.8 Å². The normalized spacial score (nSPS) is 11.7. The topological polar surface area (TPSA) is 83.5 Å². The molecule has 2 N–H and O–H groups in total. The third kappa shape index (κ3) is 4.32. The number of sulfonamides is 1. The standard InChI is InChI=1S/C13H10ClNO4S2/c14-11-5-7-13(20-11)21(18,19)15-10-3-1-2-9(8-10)4-6-12(16)17/h1-8,15H,(H,16,17)/b6-4+. The van der Waals surface area contributed by atoms with E-state index in [0.717, 1.165) is 17.4 Å². The van der Waals surface area contributed by atoms with Crippen LogP contribution in [0.3, 0.4) is 0 Å². The number of hydrogen-bond donors (Lipinski definition) is 2. The zero-order chi connectivity index (χ0) is 15.5. The first-order valence-corrected chi connectivity index (χ1v) is 8.34. The molecule has 21 heavy (non-hydrogen) atoms. The van der Waals surface area contributed by atoms with Gasteiger partial charge in [0.15, 0.2) is 0 Å². The molecule has 1 aromatic carbocycles. The highest BCUT2D eigenvalue weighted by atomic mass is 35.5. The van der Waals surface area contributed by atoms with Crippen molar-refractivity contribution in [3.63, 3.8) is 0 Å². The summed E-state index contributed by atoms with van der Waals surface area (Å²) in [6.07, 6.45) is 2.36. The predicted molar refractivity (Wildman–Crippen MR) is 83.2 cm³/mol. The molecule has 0 radical (unpaired) electrons. The Bertz CT molecular complexity index is 796. The Morgan fingerprint density at radius 2 is 2.05 bits per heavy atom. The Kier molecular flexibility index (Phi) is 4.66. The summed E-state index contributed by atoms with van der Waals surface area (Å²) in [5.41, 5.74) is 0.911. The minimum atomic E-state index is -3.70. The molecule has 0 aliphatic carbocycles. The van der Waals surface area contributed by atoms with E-state index in [1.165, 1.54) is 24.3 Å². The van der Waals surface area contributed by atoms with Crippen LogP contribution in [-0.2, 0) is 14.8 Å². The van der Waals surface area contributed by atoms with E-state index in [4.69, 9.17) is 16.7 Å². The molecule has 8 heteroatoms. The Labute approximate surface area is 130 Å². The quantitative estimate of drug-likeness (QED) is 0.816. The second kappa shape index (κ2) is 6.30. The van der Waals surface area contributed by atoms with Gasteiger partial charge in [-0.2, -0.15) is 0 Å². The van der Waals surface area contributed by atoms with Gasteiger partial charge in [-0.1, -0.05) is 23.7 Å². The lowest BCUT2D eigenvalue weighted by molar-refractivity contribution is -0.131. The van der Waals surface area contributed by atoms with Gasteiger partial charge in [0.2, 0.25) is 0 Å². The van der Waals surface area contributed by atoms with Crippen LogP contribution >= 0.6 is 22.9 Å². The molecule has 2 rings (SSSR count). The van der Waals surface area contributed by atoms with Crippen molar-refractivity contribution >= 4 is 50.7 Å². The molecular weight excluding hydrogens is 334 g/mol. The van der Waals surface area contributed by atoms with Gasteiger partial charge in [-0.15, -0.1) is 11.3 Å². The SMILES string of the molecule is O=C(O)/C=C/c1cccc(NS(=O)(=O)c2ccc(Cl)s2)c1. The average molecular weight is 344 g/mol. The van der Waals surface area contributed by atoms with Crippen LogP contribution in [0.5, 0.6) is 0 Å². The van der Waals surface area contributed by atoms with Crippen molar-refractivity contribution in [2.45, 2.75) is 4.21 Å². The van der Waals surface area contributed by atoms with Gasteiger partial charge in [0.1, 0.15) is 4.21 Å². The Morgan fingerprint density at radius 3 is 2.67 bits per heavy atom. The molecule has 0 bridgehead atoms. The molecule has 5 nitrogen and oxygen atoms in total. The maximum absolute atomic E-state index is 12.1. The van der Waals surface area contributed by atoms with Crippen molar-refractivity contribution < 1.29 is 18.3 Å². The third-order valence-corrected chi connectivity index (χ3v) is 5.47. The van der Waals surface area contributed by atoms with Crippen LogP contribution in [0.1, 0.15) is 5.56 Å². The van der Waals surface area contributed by atoms with Crippen LogP contribution in [0.15, 0.2) is 46.7 Å². The highest BCUT2D eigenvalue weighted by Crippen LogP contribution is 2.27. The number of halogens is 1. The molecule has 0 aliphatic heterocycles. The summed E-state index contributed by atoms with van der Waals surface area (Å²) in [6, 6.07) is 9.33. The lowest BCUT2D eigenvalue weighted by Gasteiger charge is -2.06. The number of thiophene rings is 1. The van der Waals surface area contributed by atoms with Crippen molar-refractivity contribution in [1.29, 1.82) is 0 Å². The van der Waals surface area contributed by atoms with Crippen LogP contribution < -0.4 is 4.72 Å². The van der Waals surface area contributed by atoms with Crippen LogP contribution in [-0.4, -0.2) is 19.5 Å². The van der Waals surface area contributed by atoms with Crippen molar-refractivity contribution in [3.05, 3.63) is 52.4 Å². The molecular formula is C13H10ClNO4S2. The minimum Gasteiger partial charge on any atom is -0.478 e. The minimum absolute atomic E-state index is 0.110. The molecule has 0 fully saturated rings. The van der Waals surface area contributed by atoms with Gasteiger partial charge in [-0.3, -0.25) is 4.72 Å².